The molecule has 0 amide bonds. The number of hydrogen-bond donors (Lipinski definition) is 3. The van der Waals surface area contributed by atoms with Crippen molar-refractivity contribution < 1.29 is 14.7 Å². The van der Waals surface area contributed by atoms with Gasteiger partial charge in [-0.1, -0.05) is 0 Å². The van der Waals surface area contributed by atoms with Gasteiger partial charge in [0.15, 0.2) is 6.29 Å². The minimum absolute atomic E-state index is 0.244. The van der Waals surface area contributed by atoms with Crippen molar-refractivity contribution in [2.45, 2.75) is 25.5 Å². The highest BCUT2D eigenvalue weighted by molar-refractivity contribution is 7.80. The second kappa shape index (κ2) is 5.36. The third-order valence-electron chi connectivity index (χ3n) is 1.42. The Kier molecular flexibility index (Phi) is 5.20. The van der Waals surface area contributed by atoms with Crippen LogP contribution in [0.1, 0.15) is 13.8 Å². The van der Waals surface area contributed by atoms with E-state index in [0.29, 0.717) is 0 Å². The number of rotatable bonds is 6. The van der Waals surface area contributed by atoms with Crippen LogP contribution < -0.4 is 5.32 Å². The fraction of sp³-hybridized carbons (Fsp3) is 0.750. The van der Waals surface area contributed by atoms with Gasteiger partial charge in [0.2, 0.25) is 5.78 Å². The summed E-state index contributed by atoms with van der Waals surface area (Å²) in [7, 11) is 0. The monoisotopic (exact) mass is 205 g/mol. The van der Waals surface area contributed by atoms with Crippen molar-refractivity contribution in [2.75, 3.05) is 12.3 Å². The van der Waals surface area contributed by atoms with Crippen molar-refractivity contribution in [3.63, 3.8) is 0 Å². The molecule has 0 aliphatic rings. The van der Waals surface area contributed by atoms with Gasteiger partial charge >= 0.3 is 0 Å². The quantitative estimate of drug-likeness (QED) is 0.308. The lowest BCUT2D eigenvalue weighted by Gasteiger charge is -2.21. The summed E-state index contributed by atoms with van der Waals surface area (Å²) in [5, 5.41) is 12.1. The number of aldehydes is 1. The van der Waals surface area contributed by atoms with Gasteiger partial charge in [-0.3, -0.25) is 9.59 Å². The van der Waals surface area contributed by atoms with E-state index >= 15 is 0 Å². The minimum Gasteiger partial charge on any atom is -0.389 e. The van der Waals surface area contributed by atoms with E-state index in [0.717, 1.165) is 0 Å². The Morgan fingerprint density at radius 2 is 2.23 bits per heavy atom. The summed E-state index contributed by atoms with van der Waals surface area (Å²) in [4.78, 5) is 21.0. The third-order valence-corrected chi connectivity index (χ3v) is 1.79. The molecule has 2 N–H and O–H groups in total. The number of carbonyl (C=O) groups excluding carboxylic acids is 2. The predicted octanol–water partition coefficient (Wildman–Crippen LogP) is -0.587. The van der Waals surface area contributed by atoms with E-state index in [1.807, 2.05) is 0 Å². The normalized spacial score (nSPS) is 13.8. The van der Waals surface area contributed by atoms with Gasteiger partial charge in [-0.2, -0.15) is 12.6 Å². The number of carbonyl (C=O) groups is 2. The lowest BCUT2D eigenvalue weighted by Crippen LogP contribution is -2.45. The molecule has 5 heteroatoms. The zero-order chi connectivity index (χ0) is 10.5. The molecule has 76 valence electrons. The second-order valence-corrected chi connectivity index (χ2v) is 3.81. The standard InChI is InChI=1S/C8H15NO3S/c1-8(2,12)5-9-6(4-13)7(11)3-10/h3,6,9,12-13H,4-5H2,1-2H3. The molecule has 0 aliphatic carbocycles. The number of thiol groups is 1. The number of nitrogens with one attached hydrogen (secondary N) is 1. The van der Waals surface area contributed by atoms with Crippen LogP contribution in [0, 0.1) is 0 Å². The van der Waals surface area contributed by atoms with Gasteiger partial charge in [-0.25, -0.2) is 0 Å². The Morgan fingerprint density at radius 3 is 2.54 bits per heavy atom. The van der Waals surface area contributed by atoms with Crippen LogP contribution in [0.25, 0.3) is 0 Å². The van der Waals surface area contributed by atoms with Gasteiger partial charge in [0.25, 0.3) is 0 Å². The van der Waals surface area contributed by atoms with Crippen LogP contribution >= 0.6 is 12.6 Å². The molecular weight excluding hydrogens is 190 g/mol. The van der Waals surface area contributed by atoms with E-state index < -0.39 is 17.4 Å². The average Bonchev–Trinajstić information content (AvgIpc) is 2.03. The van der Waals surface area contributed by atoms with Gasteiger partial charge in [0.1, 0.15) is 0 Å². The van der Waals surface area contributed by atoms with Crippen LogP contribution in [-0.4, -0.2) is 41.1 Å². The largest absolute Gasteiger partial charge is 0.389 e. The van der Waals surface area contributed by atoms with Crippen molar-refractivity contribution in [1.29, 1.82) is 0 Å². The highest BCUT2D eigenvalue weighted by Gasteiger charge is 2.19. The van der Waals surface area contributed by atoms with Gasteiger partial charge < -0.3 is 10.4 Å². The van der Waals surface area contributed by atoms with Crippen LogP contribution in [-0.2, 0) is 9.59 Å². The third kappa shape index (κ3) is 5.79. The molecule has 0 radical (unpaired) electrons. The van der Waals surface area contributed by atoms with E-state index in [2.05, 4.69) is 17.9 Å². The summed E-state index contributed by atoms with van der Waals surface area (Å²) in [5.41, 5.74) is -0.898. The zero-order valence-electron chi connectivity index (χ0n) is 7.78. The molecule has 1 atom stereocenters. The van der Waals surface area contributed by atoms with Crippen molar-refractivity contribution in [2.24, 2.45) is 0 Å². The summed E-state index contributed by atoms with van der Waals surface area (Å²) in [5.74, 6) is -0.299. The summed E-state index contributed by atoms with van der Waals surface area (Å²) in [6, 6.07) is -0.604. The molecule has 1 unspecified atom stereocenters. The number of Topliss-reactive ketones (excluding diaryl/α,β-unsaturated/α-hetero) is 1. The van der Waals surface area contributed by atoms with Crippen molar-refractivity contribution >= 4 is 24.7 Å². The Hall–Kier alpha value is -0.390. The molecule has 0 rings (SSSR count). The molecule has 4 nitrogen and oxygen atoms in total. The molecule has 0 saturated heterocycles. The van der Waals surface area contributed by atoms with E-state index in [4.69, 9.17) is 0 Å². The number of aliphatic hydroxyl groups is 1. The minimum atomic E-state index is -0.898. The maximum atomic E-state index is 10.9. The molecule has 0 saturated carbocycles. The summed E-state index contributed by atoms with van der Waals surface area (Å²) < 4.78 is 0. The van der Waals surface area contributed by atoms with Crippen molar-refractivity contribution in [1.82, 2.24) is 5.32 Å². The molecule has 0 aliphatic heterocycles. The molecule has 0 bridgehead atoms. The van der Waals surface area contributed by atoms with Gasteiger partial charge in [-0.15, -0.1) is 0 Å². The summed E-state index contributed by atoms with van der Waals surface area (Å²) in [6.07, 6.45) is 0.262. The van der Waals surface area contributed by atoms with Crippen molar-refractivity contribution in [3.8, 4) is 0 Å². The molecule has 0 aromatic carbocycles. The fourth-order valence-corrected chi connectivity index (χ4v) is 1.02. The van der Waals surface area contributed by atoms with Gasteiger partial charge in [-0.05, 0) is 13.8 Å². The number of ketones is 1. The first-order valence-electron chi connectivity index (χ1n) is 3.96. The Labute approximate surface area is 83.1 Å². The van der Waals surface area contributed by atoms with E-state index in [-0.39, 0.29) is 18.6 Å². The first kappa shape index (κ1) is 12.6. The maximum absolute atomic E-state index is 10.9. The van der Waals surface area contributed by atoms with Gasteiger partial charge in [0, 0.05) is 12.3 Å². The molecule has 0 fully saturated rings. The summed E-state index contributed by atoms with van der Waals surface area (Å²) >= 11 is 3.91. The van der Waals surface area contributed by atoms with Crippen LogP contribution in [0.3, 0.4) is 0 Å². The Bertz CT molecular complexity index is 188. The first-order valence-corrected chi connectivity index (χ1v) is 4.59. The lowest BCUT2D eigenvalue weighted by molar-refractivity contribution is -0.131. The molecule has 13 heavy (non-hydrogen) atoms. The first-order chi connectivity index (χ1) is 5.90. The topological polar surface area (TPSA) is 66.4 Å². The summed E-state index contributed by atoms with van der Waals surface area (Å²) in [6.45, 7) is 3.47. The molecule has 0 aromatic heterocycles. The van der Waals surface area contributed by atoms with Gasteiger partial charge in [0.05, 0.1) is 11.6 Å². The van der Waals surface area contributed by atoms with Crippen LogP contribution in [0.5, 0.6) is 0 Å². The highest BCUT2D eigenvalue weighted by Crippen LogP contribution is 1.99. The van der Waals surface area contributed by atoms with E-state index in [9.17, 15) is 14.7 Å². The van der Waals surface area contributed by atoms with E-state index in [1.54, 1.807) is 13.8 Å². The molecular formula is C8H15NO3S. The lowest BCUT2D eigenvalue weighted by atomic mass is 10.1. The molecule has 0 aromatic rings. The second-order valence-electron chi connectivity index (χ2n) is 3.45. The van der Waals surface area contributed by atoms with Crippen LogP contribution in [0.15, 0.2) is 0 Å². The predicted molar refractivity (Wildman–Crippen MR) is 53.0 cm³/mol. The number of hydrogen-bond acceptors (Lipinski definition) is 5. The van der Waals surface area contributed by atoms with Crippen LogP contribution in [0.4, 0.5) is 0 Å². The Morgan fingerprint density at radius 1 is 1.69 bits per heavy atom. The maximum Gasteiger partial charge on any atom is 0.212 e. The molecule has 0 heterocycles. The highest BCUT2D eigenvalue weighted by atomic mass is 32.1. The zero-order valence-corrected chi connectivity index (χ0v) is 8.67. The van der Waals surface area contributed by atoms with Crippen LogP contribution in [0.2, 0.25) is 0 Å². The molecule has 0 spiro atoms. The van der Waals surface area contributed by atoms with E-state index in [1.165, 1.54) is 0 Å². The fourth-order valence-electron chi connectivity index (χ4n) is 0.710. The Balaban J connectivity index is 4.00. The smallest absolute Gasteiger partial charge is 0.212 e. The SMILES string of the molecule is CC(C)(O)CNC(CS)C(=O)C=O. The average molecular weight is 205 g/mol. The van der Waals surface area contributed by atoms with Crippen molar-refractivity contribution in [3.05, 3.63) is 0 Å².